The van der Waals surface area contributed by atoms with Crippen molar-refractivity contribution in [1.82, 2.24) is 0 Å². The molecule has 0 aliphatic rings. The fraction of sp³-hybridized carbons (Fsp3) is 0.231. The first-order chi connectivity index (χ1) is 7.18. The van der Waals surface area contributed by atoms with E-state index >= 15 is 0 Å². The van der Waals surface area contributed by atoms with Crippen LogP contribution in [0.25, 0.3) is 0 Å². The topological polar surface area (TPSA) is 0 Å². The number of rotatable bonds is 2. The Morgan fingerprint density at radius 1 is 1.07 bits per heavy atom. The molecule has 2 rings (SSSR count). The van der Waals surface area contributed by atoms with Crippen LogP contribution in [0, 0.1) is 13.8 Å². The van der Waals surface area contributed by atoms with Gasteiger partial charge in [0, 0.05) is 4.88 Å². The molecule has 1 unspecified atom stereocenters. The molecule has 15 heavy (non-hydrogen) atoms. The monoisotopic (exact) mass is 236 g/mol. The van der Waals surface area contributed by atoms with Crippen LogP contribution in [0.3, 0.4) is 0 Å². The van der Waals surface area contributed by atoms with E-state index in [0.717, 1.165) is 0 Å². The highest BCUT2D eigenvalue weighted by atomic mass is 35.5. The fourth-order valence-corrected chi connectivity index (χ4v) is 2.93. The van der Waals surface area contributed by atoms with Crippen molar-refractivity contribution in [3.63, 3.8) is 0 Å². The first kappa shape index (κ1) is 10.7. The predicted octanol–water partition coefficient (Wildman–Crippen LogP) is 4.69. The minimum absolute atomic E-state index is 0.00870. The highest BCUT2D eigenvalue weighted by molar-refractivity contribution is 7.10. The van der Waals surface area contributed by atoms with Gasteiger partial charge in [0.2, 0.25) is 0 Å². The Morgan fingerprint density at radius 2 is 1.73 bits per heavy atom. The van der Waals surface area contributed by atoms with E-state index < -0.39 is 0 Å². The van der Waals surface area contributed by atoms with Gasteiger partial charge in [-0.2, -0.15) is 0 Å². The van der Waals surface area contributed by atoms with Gasteiger partial charge in [-0.25, -0.2) is 0 Å². The van der Waals surface area contributed by atoms with Crippen LogP contribution in [0.5, 0.6) is 0 Å². The van der Waals surface area contributed by atoms with Crippen LogP contribution in [0.4, 0.5) is 0 Å². The lowest BCUT2D eigenvalue weighted by atomic mass is 10.1. The van der Waals surface area contributed by atoms with E-state index in [2.05, 4.69) is 49.6 Å². The molecule has 0 aliphatic heterocycles. The molecule has 0 fully saturated rings. The number of hydrogen-bond acceptors (Lipinski definition) is 1. The zero-order valence-electron chi connectivity index (χ0n) is 8.83. The van der Waals surface area contributed by atoms with Gasteiger partial charge in [0.15, 0.2) is 0 Å². The average Bonchev–Trinajstić information content (AvgIpc) is 2.65. The maximum absolute atomic E-state index is 6.44. The smallest absolute Gasteiger partial charge is 0.0930 e. The van der Waals surface area contributed by atoms with Crippen molar-refractivity contribution in [3.8, 4) is 0 Å². The first-order valence-corrected chi connectivity index (χ1v) is 6.24. The van der Waals surface area contributed by atoms with Crippen LogP contribution in [-0.2, 0) is 0 Å². The number of benzene rings is 1. The summed E-state index contributed by atoms with van der Waals surface area (Å²) >= 11 is 8.17. The third kappa shape index (κ3) is 2.24. The molecule has 2 heteroatoms. The van der Waals surface area contributed by atoms with Crippen LogP contribution < -0.4 is 0 Å². The molecule has 0 spiro atoms. The number of halogens is 1. The molecule has 1 heterocycles. The quantitative estimate of drug-likeness (QED) is 0.664. The Hall–Kier alpha value is -0.790. The molecule has 1 atom stereocenters. The second-order valence-electron chi connectivity index (χ2n) is 3.74. The zero-order chi connectivity index (χ0) is 10.8. The molecule has 0 aliphatic carbocycles. The first-order valence-electron chi connectivity index (χ1n) is 4.93. The van der Waals surface area contributed by atoms with E-state index in [9.17, 15) is 0 Å². The summed E-state index contributed by atoms with van der Waals surface area (Å²) in [4.78, 5) is 1.25. The summed E-state index contributed by atoms with van der Waals surface area (Å²) in [6.07, 6.45) is 0. The summed E-state index contributed by atoms with van der Waals surface area (Å²) in [5, 5.41) is 2.08. The molecule has 0 bridgehead atoms. The summed E-state index contributed by atoms with van der Waals surface area (Å²) in [5.74, 6) is 0. The summed E-state index contributed by atoms with van der Waals surface area (Å²) in [6.45, 7) is 4.19. The molecule has 0 N–H and O–H groups in total. The van der Waals surface area contributed by atoms with Crippen molar-refractivity contribution in [2.45, 2.75) is 19.2 Å². The van der Waals surface area contributed by atoms with Crippen molar-refractivity contribution in [1.29, 1.82) is 0 Å². The van der Waals surface area contributed by atoms with E-state index in [4.69, 9.17) is 11.6 Å². The number of alkyl halides is 1. The lowest BCUT2D eigenvalue weighted by Crippen LogP contribution is -1.91. The standard InChI is InChI=1S/C13H13ClS/c1-9-3-5-11(6-4-9)12(14)13-10(2)7-8-15-13/h3-8,12H,1-2H3. The minimum Gasteiger partial charge on any atom is -0.147 e. The molecule has 0 saturated carbocycles. The Morgan fingerprint density at radius 3 is 2.27 bits per heavy atom. The fourth-order valence-electron chi connectivity index (χ4n) is 1.53. The van der Waals surface area contributed by atoms with Crippen LogP contribution in [0.1, 0.15) is 26.9 Å². The predicted molar refractivity (Wildman–Crippen MR) is 67.9 cm³/mol. The molecular weight excluding hydrogens is 224 g/mol. The molecular formula is C13H13ClS. The SMILES string of the molecule is Cc1ccc(C(Cl)c2sccc2C)cc1. The Labute approximate surface area is 99.5 Å². The lowest BCUT2D eigenvalue weighted by Gasteiger charge is -2.09. The summed E-state index contributed by atoms with van der Waals surface area (Å²) < 4.78 is 0. The second kappa shape index (κ2) is 4.38. The largest absolute Gasteiger partial charge is 0.147 e. The lowest BCUT2D eigenvalue weighted by molar-refractivity contribution is 1.15. The van der Waals surface area contributed by atoms with E-state index in [1.807, 2.05) is 0 Å². The van der Waals surface area contributed by atoms with Gasteiger partial charge in [-0.05, 0) is 36.4 Å². The summed E-state index contributed by atoms with van der Waals surface area (Å²) in [7, 11) is 0. The van der Waals surface area contributed by atoms with Crippen molar-refractivity contribution in [2.24, 2.45) is 0 Å². The summed E-state index contributed by atoms with van der Waals surface area (Å²) in [6, 6.07) is 10.5. The molecule has 0 saturated heterocycles. The van der Waals surface area contributed by atoms with E-state index in [1.54, 1.807) is 11.3 Å². The molecule has 1 aromatic carbocycles. The Bertz CT molecular complexity index is 442. The van der Waals surface area contributed by atoms with Crippen LogP contribution in [0.15, 0.2) is 35.7 Å². The van der Waals surface area contributed by atoms with Gasteiger partial charge in [0.25, 0.3) is 0 Å². The average molecular weight is 237 g/mol. The highest BCUT2D eigenvalue weighted by Crippen LogP contribution is 2.34. The second-order valence-corrected chi connectivity index (χ2v) is 5.13. The minimum atomic E-state index is -0.00870. The normalized spacial score (nSPS) is 12.7. The van der Waals surface area contributed by atoms with Gasteiger partial charge in [-0.1, -0.05) is 29.8 Å². The van der Waals surface area contributed by atoms with Gasteiger partial charge >= 0.3 is 0 Å². The number of aryl methyl sites for hydroxylation is 2. The molecule has 78 valence electrons. The highest BCUT2D eigenvalue weighted by Gasteiger charge is 2.13. The van der Waals surface area contributed by atoms with Gasteiger partial charge < -0.3 is 0 Å². The van der Waals surface area contributed by atoms with Gasteiger partial charge in [-0.15, -0.1) is 22.9 Å². The van der Waals surface area contributed by atoms with Crippen molar-refractivity contribution < 1.29 is 0 Å². The van der Waals surface area contributed by atoms with Gasteiger partial charge in [-0.3, -0.25) is 0 Å². The van der Waals surface area contributed by atoms with Gasteiger partial charge in [0.1, 0.15) is 0 Å². The third-order valence-corrected chi connectivity index (χ3v) is 4.19. The van der Waals surface area contributed by atoms with Crippen LogP contribution in [-0.4, -0.2) is 0 Å². The number of thiophene rings is 1. The maximum Gasteiger partial charge on any atom is 0.0930 e. The van der Waals surface area contributed by atoms with Gasteiger partial charge in [0.05, 0.1) is 5.38 Å². The Kier molecular flexibility index (Phi) is 3.13. The molecule has 0 amide bonds. The van der Waals surface area contributed by atoms with Crippen molar-refractivity contribution >= 4 is 22.9 Å². The molecule has 0 radical (unpaired) electrons. The molecule has 2 aromatic rings. The molecule has 0 nitrogen and oxygen atoms in total. The third-order valence-electron chi connectivity index (χ3n) is 2.50. The van der Waals surface area contributed by atoms with E-state index in [1.165, 1.54) is 21.6 Å². The van der Waals surface area contributed by atoms with E-state index in [0.29, 0.717) is 0 Å². The van der Waals surface area contributed by atoms with E-state index in [-0.39, 0.29) is 5.38 Å². The van der Waals surface area contributed by atoms with Crippen LogP contribution >= 0.6 is 22.9 Å². The molecule has 1 aromatic heterocycles. The van der Waals surface area contributed by atoms with Crippen LogP contribution in [0.2, 0.25) is 0 Å². The number of hydrogen-bond donors (Lipinski definition) is 0. The Balaban J connectivity index is 2.32. The maximum atomic E-state index is 6.44. The zero-order valence-corrected chi connectivity index (χ0v) is 10.4. The van der Waals surface area contributed by atoms with Crippen molar-refractivity contribution in [2.75, 3.05) is 0 Å². The summed E-state index contributed by atoms with van der Waals surface area (Å²) in [5.41, 5.74) is 3.72. The van der Waals surface area contributed by atoms with Crippen molar-refractivity contribution in [3.05, 3.63) is 57.3 Å².